The first kappa shape index (κ1) is 15.9. The number of benzene rings is 1. The van der Waals surface area contributed by atoms with Crippen LogP contribution in [0.1, 0.15) is 28.9 Å². The first-order chi connectivity index (χ1) is 11.5. The molecule has 0 aliphatic rings. The minimum Gasteiger partial charge on any atom is -0.345 e. The van der Waals surface area contributed by atoms with Gasteiger partial charge in [0.2, 0.25) is 0 Å². The molecule has 2 aromatic heterocycles. The predicted molar refractivity (Wildman–Crippen MR) is 84.8 cm³/mol. The molecule has 1 amide bonds. The number of aryl methyl sites for hydroxylation is 1. The van der Waals surface area contributed by atoms with Gasteiger partial charge in [0.05, 0.1) is 12.2 Å². The van der Waals surface area contributed by atoms with Gasteiger partial charge >= 0.3 is 0 Å². The molecule has 7 heteroatoms. The average molecular weight is 330 g/mol. The maximum Gasteiger partial charge on any atom is 0.257 e. The molecule has 0 fully saturated rings. The quantitative estimate of drug-likeness (QED) is 0.799. The van der Waals surface area contributed by atoms with E-state index in [0.29, 0.717) is 11.4 Å². The number of hydrogen-bond acceptors (Lipinski definition) is 2. The highest BCUT2D eigenvalue weighted by molar-refractivity contribution is 5.97. The van der Waals surface area contributed by atoms with Gasteiger partial charge in [0.15, 0.2) is 0 Å². The Bertz CT molecular complexity index is 871. The van der Waals surface area contributed by atoms with Gasteiger partial charge in [-0.3, -0.25) is 9.48 Å². The molecule has 1 atom stereocenters. The molecule has 0 aliphatic heterocycles. The molecule has 3 aromatic rings. The fraction of sp³-hybridized carbons (Fsp3) is 0.176. The van der Waals surface area contributed by atoms with Crippen LogP contribution in [0.3, 0.4) is 0 Å². The highest BCUT2D eigenvalue weighted by Crippen LogP contribution is 2.20. The van der Waals surface area contributed by atoms with E-state index in [4.69, 9.17) is 0 Å². The minimum atomic E-state index is -0.695. The molecule has 2 heterocycles. The van der Waals surface area contributed by atoms with Gasteiger partial charge in [-0.25, -0.2) is 8.78 Å². The number of hydrogen-bond donors (Lipinski definition) is 1. The summed E-state index contributed by atoms with van der Waals surface area (Å²) in [7, 11) is 1.73. The Hall–Kier alpha value is -2.96. The van der Waals surface area contributed by atoms with E-state index in [0.717, 1.165) is 12.1 Å². The van der Waals surface area contributed by atoms with Crippen LogP contribution < -0.4 is 5.32 Å². The van der Waals surface area contributed by atoms with E-state index in [1.807, 2.05) is 12.1 Å². The molecule has 0 spiro atoms. The smallest absolute Gasteiger partial charge is 0.257 e. The summed E-state index contributed by atoms with van der Waals surface area (Å²) in [5.41, 5.74) is 0.583. The summed E-state index contributed by atoms with van der Waals surface area (Å²) in [6.45, 7) is 1.64. The van der Waals surface area contributed by atoms with E-state index >= 15 is 0 Å². The summed E-state index contributed by atoms with van der Waals surface area (Å²) in [6, 6.07) is 6.35. The van der Waals surface area contributed by atoms with Crippen molar-refractivity contribution in [2.24, 2.45) is 7.05 Å². The molecule has 3 rings (SSSR count). The molecule has 0 saturated heterocycles. The molecule has 5 nitrogen and oxygen atoms in total. The van der Waals surface area contributed by atoms with E-state index in [1.54, 1.807) is 35.6 Å². The van der Waals surface area contributed by atoms with Crippen LogP contribution in [0, 0.1) is 11.6 Å². The largest absolute Gasteiger partial charge is 0.345 e. The standard InChI is InChI=1S/C17H16F2N4O/c1-11(13-6-5-12(18)9-15(13)19)21-16(24)14-10-20-22(2)17(14)23-7-3-4-8-23/h3-11H,1-2H3,(H,21,24). The lowest BCUT2D eigenvalue weighted by Gasteiger charge is -2.15. The minimum absolute atomic E-state index is 0.219. The van der Waals surface area contributed by atoms with Crippen LogP contribution in [0.15, 0.2) is 48.9 Å². The maximum absolute atomic E-state index is 13.8. The van der Waals surface area contributed by atoms with Crippen LogP contribution in [-0.2, 0) is 7.05 Å². The van der Waals surface area contributed by atoms with Gasteiger partial charge in [-0.15, -0.1) is 0 Å². The lowest BCUT2D eigenvalue weighted by molar-refractivity contribution is 0.0939. The maximum atomic E-state index is 13.8. The third-order valence-corrected chi connectivity index (χ3v) is 3.78. The fourth-order valence-corrected chi connectivity index (χ4v) is 2.58. The summed E-state index contributed by atoms with van der Waals surface area (Å²) in [6.07, 6.45) is 5.06. The Morgan fingerprint density at radius 1 is 1.25 bits per heavy atom. The number of nitrogens with one attached hydrogen (secondary N) is 1. The molecule has 1 unspecified atom stereocenters. The molecule has 0 bridgehead atoms. The topological polar surface area (TPSA) is 51.9 Å². The van der Waals surface area contributed by atoms with Crippen molar-refractivity contribution < 1.29 is 13.6 Å². The summed E-state index contributed by atoms with van der Waals surface area (Å²) in [5.74, 6) is -1.14. The SMILES string of the molecule is CC(NC(=O)c1cnn(C)c1-n1cccc1)c1ccc(F)cc1F. The Balaban J connectivity index is 1.86. The van der Waals surface area contributed by atoms with Crippen molar-refractivity contribution in [1.82, 2.24) is 19.7 Å². The van der Waals surface area contributed by atoms with E-state index in [9.17, 15) is 13.6 Å². The van der Waals surface area contributed by atoms with Crippen molar-refractivity contribution in [3.63, 3.8) is 0 Å². The number of halogens is 2. The van der Waals surface area contributed by atoms with Crippen molar-refractivity contribution in [2.75, 3.05) is 0 Å². The van der Waals surface area contributed by atoms with Crippen LogP contribution in [-0.4, -0.2) is 20.3 Å². The molecule has 1 N–H and O–H groups in total. The first-order valence-electron chi connectivity index (χ1n) is 7.38. The number of rotatable bonds is 4. The van der Waals surface area contributed by atoms with Crippen LogP contribution in [0.25, 0.3) is 5.82 Å². The van der Waals surface area contributed by atoms with E-state index in [2.05, 4.69) is 10.4 Å². The Kier molecular flexibility index (Phi) is 4.16. The molecule has 124 valence electrons. The second kappa shape index (κ2) is 6.27. The Labute approximate surface area is 137 Å². The zero-order valence-corrected chi connectivity index (χ0v) is 13.2. The number of amides is 1. The van der Waals surface area contributed by atoms with Crippen LogP contribution >= 0.6 is 0 Å². The Morgan fingerprint density at radius 3 is 2.62 bits per heavy atom. The normalized spacial score (nSPS) is 12.2. The molecular formula is C17H16F2N4O. The molecule has 0 saturated carbocycles. The molecule has 1 aromatic carbocycles. The van der Waals surface area contributed by atoms with Gasteiger partial charge in [-0.1, -0.05) is 6.07 Å². The first-order valence-corrected chi connectivity index (χ1v) is 7.38. The van der Waals surface area contributed by atoms with E-state index in [-0.39, 0.29) is 11.5 Å². The number of aromatic nitrogens is 3. The zero-order chi connectivity index (χ0) is 17.3. The summed E-state index contributed by atoms with van der Waals surface area (Å²) in [5, 5.41) is 6.83. The van der Waals surface area contributed by atoms with Gasteiger partial charge in [0.25, 0.3) is 5.91 Å². The van der Waals surface area contributed by atoms with E-state index in [1.165, 1.54) is 12.3 Å². The number of nitrogens with zero attached hydrogens (tertiary/aromatic N) is 3. The van der Waals surface area contributed by atoms with Crippen molar-refractivity contribution in [1.29, 1.82) is 0 Å². The van der Waals surface area contributed by atoms with Crippen LogP contribution in [0.4, 0.5) is 8.78 Å². The zero-order valence-electron chi connectivity index (χ0n) is 13.2. The number of carbonyl (C=O) groups is 1. The van der Waals surface area contributed by atoms with Gasteiger partial charge in [0.1, 0.15) is 23.0 Å². The Morgan fingerprint density at radius 2 is 1.96 bits per heavy atom. The third kappa shape index (κ3) is 2.92. The van der Waals surface area contributed by atoms with Crippen molar-refractivity contribution in [2.45, 2.75) is 13.0 Å². The van der Waals surface area contributed by atoms with Crippen molar-refractivity contribution in [3.8, 4) is 5.82 Å². The molecule has 24 heavy (non-hydrogen) atoms. The van der Waals surface area contributed by atoms with Crippen molar-refractivity contribution in [3.05, 3.63) is 71.7 Å². The van der Waals surface area contributed by atoms with Crippen LogP contribution in [0.2, 0.25) is 0 Å². The molecule has 0 radical (unpaired) electrons. The lowest BCUT2D eigenvalue weighted by Crippen LogP contribution is -2.28. The van der Waals surface area contributed by atoms with Crippen LogP contribution in [0.5, 0.6) is 0 Å². The monoisotopic (exact) mass is 330 g/mol. The highest BCUT2D eigenvalue weighted by atomic mass is 19.1. The summed E-state index contributed by atoms with van der Waals surface area (Å²) >= 11 is 0. The van der Waals surface area contributed by atoms with Gasteiger partial charge in [-0.05, 0) is 25.1 Å². The summed E-state index contributed by atoms with van der Waals surface area (Å²) < 4.78 is 30.2. The predicted octanol–water partition coefficient (Wildman–Crippen LogP) is 2.98. The second-order valence-electron chi connectivity index (χ2n) is 5.46. The molecule has 0 aliphatic carbocycles. The van der Waals surface area contributed by atoms with Gasteiger partial charge < -0.3 is 9.88 Å². The van der Waals surface area contributed by atoms with E-state index < -0.39 is 17.7 Å². The average Bonchev–Trinajstić information content (AvgIpc) is 3.15. The van der Waals surface area contributed by atoms with Gasteiger partial charge in [-0.2, -0.15) is 5.10 Å². The van der Waals surface area contributed by atoms with Crippen molar-refractivity contribution >= 4 is 5.91 Å². The number of carbonyl (C=O) groups excluding carboxylic acids is 1. The van der Waals surface area contributed by atoms with Gasteiger partial charge in [0, 0.05) is 31.1 Å². The molecular weight excluding hydrogens is 314 g/mol. The highest BCUT2D eigenvalue weighted by Gasteiger charge is 2.20. The fourth-order valence-electron chi connectivity index (χ4n) is 2.58. The second-order valence-corrected chi connectivity index (χ2v) is 5.46. The summed E-state index contributed by atoms with van der Waals surface area (Å²) in [4.78, 5) is 12.6. The lowest BCUT2D eigenvalue weighted by atomic mass is 10.1. The third-order valence-electron chi connectivity index (χ3n) is 3.78.